The van der Waals surface area contributed by atoms with E-state index >= 15 is 0 Å². The molecule has 7 nitrogen and oxygen atoms in total. The van der Waals surface area contributed by atoms with Crippen molar-refractivity contribution in [3.63, 3.8) is 0 Å². The van der Waals surface area contributed by atoms with Crippen molar-refractivity contribution in [2.45, 2.75) is 17.9 Å². The van der Waals surface area contributed by atoms with E-state index in [4.69, 9.17) is 10.00 Å². The number of nitrogens with zero attached hydrogens (tertiary/aromatic N) is 1. The number of amides is 1. The molecule has 0 radical (unpaired) electrons. The van der Waals surface area contributed by atoms with Crippen LogP contribution in [0.1, 0.15) is 12.5 Å². The predicted octanol–water partition coefficient (Wildman–Crippen LogP) is 1.47. The van der Waals surface area contributed by atoms with E-state index in [1.54, 1.807) is 0 Å². The Kier molecular flexibility index (Phi) is 5.69. The van der Waals surface area contributed by atoms with E-state index in [1.165, 1.54) is 55.5 Å². The summed E-state index contributed by atoms with van der Waals surface area (Å²) in [4.78, 5) is 13.7. The van der Waals surface area contributed by atoms with Gasteiger partial charge in [-0.2, -0.15) is 5.26 Å². The quantitative estimate of drug-likeness (QED) is 0.756. The molecule has 25 heavy (non-hydrogen) atoms. The first-order valence-corrected chi connectivity index (χ1v) is 8.54. The largest absolute Gasteiger partial charge is 0.481 e. The fourth-order valence-electron chi connectivity index (χ4n) is 1.76. The summed E-state index contributed by atoms with van der Waals surface area (Å²) in [7, 11) is -3.99. The number of rotatable bonds is 6. The van der Waals surface area contributed by atoms with Crippen LogP contribution < -0.4 is 15.0 Å². The summed E-state index contributed by atoms with van der Waals surface area (Å²) in [6, 6.07) is 12.1. The van der Waals surface area contributed by atoms with Crippen LogP contribution in [0.4, 0.5) is 4.39 Å². The molecule has 0 aliphatic carbocycles. The lowest BCUT2D eigenvalue weighted by Gasteiger charge is -2.15. The van der Waals surface area contributed by atoms with Gasteiger partial charge in [0.1, 0.15) is 11.6 Å². The molecule has 2 N–H and O–H groups in total. The molecule has 0 fully saturated rings. The van der Waals surface area contributed by atoms with Crippen LogP contribution in [0.3, 0.4) is 0 Å². The zero-order valence-corrected chi connectivity index (χ0v) is 13.9. The molecule has 2 aromatic rings. The van der Waals surface area contributed by atoms with Crippen LogP contribution in [0.2, 0.25) is 0 Å². The number of hydrazine groups is 1. The van der Waals surface area contributed by atoms with Crippen LogP contribution in [0, 0.1) is 17.1 Å². The molecule has 9 heteroatoms. The average molecular weight is 363 g/mol. The molecule has 1 amide bonds. The zero-order chi connectivity index (χ0) is 18.4. The Labute approximate surface area is 144 Å². The van der Waals surface area contributed by atoms with E-state index < -0.39 is 27.9 Å². The van der Waals surface area contributed by atoms with E-state index in [9.17, 15) is 17.6 Å². The number of hydrogen-bond acceptors (Lipinski definition) is 5. The highest BCUT2D eigenvalue weighted by Crippen LogP contribution is 2.13. The van der Waals surface area contributed by atoms with E-state index in [0.29, 0.717) is 5.56 Å². The van der Waals surface area contributed by atoms with Crippen LogP contribution >= 0.6 is 0 Å². The normalized spacial score (nSPS) is 12.0. The van der Waals surface area contributed by atoms with Crippen molar-refractivity contribution in [1.82, 2.24) is 10.3 Å². The molecular formula is C16H14FN3O4S. The smallest absolute Gasteiger partial charge is 0.275 e. The number of carbonyl (C=O) groups is 1. The summed E-state index contributed by atoms with van der Waals surface area (Å²) < 4.78 is 42.2. The second kappa shape index (κ2) is 7.74. The number of sulfonamides is 1. The number of halogens is 1. The molecule has 0 heterocycles. The Morgan fingerprint density at radius 3 is 2.32 bits per heavy atom. The second-order valence-corrected chi connectivity index (χ2v) is 6.63. The van der Waals surface area contributed by atoms with Gasteiger partial charge in [0.25, 0.3) is 15.9 Å². The van der Waals surface area contributed by atoms with Gasteiger partial charge in [0.15, 0.2) is 6.10 Å². The number of benzene rings is 2. The number of hydrogen-bond donors (Lipinski definition) is 2. The maximum atomic E-state index is 12.8. The predicted molar refractivity (Wildman–Crippen MR) is 86.1 cm³/mol. The first-order chi connectivity index (χ1) is 11.8. The lowest BCUT2D eigenvalue weighted by Crippen LogP contribution is -2.47. The molecule has 0 spiro atoms. The van der Waals surface area contributed by atoms with Crippen molar-refractivity contribution >= 4 is 15.9 Å². The number of nitrogens with one attached hydrogen (secondary N) is 2. The Hall–Kier alpha value is -2.96. The molecule has 1 atom stereocenters. The number of carbonyl (C=O) groups excluding carboxylic acids is 1. The van der Waals surface area contributed by atoms with Gasteiger partial charge in [-0.05, 0) is 55.5 Å². The van der Waals surface area contributed by atoms with Crippen molar-refractivity contribution in [3.8, 4) is 11.8 Å². The second-order valence-electron chi connectivity index (χ2n) is 4.94. The first-order valence-electron chi connectivity index (χ1n) is 7.06. The monoisotopic (exact) mass is 363 g/mol. The summed E-state index contributed by atoms with van der Waals surface area (Å²) in [6.45, 7) is 1.41. The molecule has 130 valence electrons. The average Bonchev–Trinajstić information content (AvgIpc) is 2.61. The van der Waals surface area contributed by atoms with Crippen LogP contribution in [0.15, 0.2) is 53.4 Å². The van der Waals surface area contributed by atoms with Gasteiger partial charge >= 0.3 is 0 Å². The van der Waals surface area contributed by atoms with Gasteiger partial charge in [-0.15, -0.1) is 4.83 Å². The SMILES string of the molecule is C[C@H](Oc1ccc(F)cc1)C(=O)NNS(=O)(=O)c1ccc(C#N)cc1. The third kappa shape index (κ3) is 5.00. The van der Waals surface area contributed by atoms with E-state index in [0.717, 1.165) is 0 Å². The van der Waals surface area contributed by atoms with Crippen LogP contribution in [-0.4, -0.2) is 20.4 Å². The Morgan fingerprint density at radius 2 is 1.76 bits per heavy atom. The van der Waals surface area contributed by atoms with Crippen molar-refractivity contribution in [1.29, 1.82) is 5.26 Å². The van der Waals surface area contributed by atoms with Crippen molar-refractivity contribution < 1.29 is 22.3 Å². The highest BCUT2D eigenvalue weighted by Gasteiger charge is 2.19. The Bertz CT molecular complexity index is 890. The summed E-state index contributed by atoms with van der Waals surface area (Å²) in [5, 5.41) is 8.70. The molecule has 0 aliphatic rings. The van der Waals surface area contributed by atoms with Gasteiger partial charge in [0.05, 0.1) is 16.5 Å². The van der Waals surface area contributed by atoms with E-state index in [1.807, 2.05) is 16.3 Å². The standard InChI is InChI=1S/C16H14FN3O4S/c1-11(24-14-6-4-13(17)5-7-14)16(21)19-20-25(22,23)15-8-2-12(10-18)3-9-15/h2-9,11,20H,1H3,(H,19,21)/t11-/m0/s1. The highest BCUT2D eigenvalue weighted by atomic mass is 32.2. The lowest BCUT2D eigenvalue weighted by atomic mass is 10.2. The van der Waals surface area contributed by atoms with E-state index in [2.05, 4.69) is 0 Å². The zero-order valence-electron chi connectivity index (χ0n) is 13.1. The maximum absolute atomic E-state index is 12.8. The lowest BCUT2D eigenvalue weighted by molar-refractivity contribution is -0.127. The molecule has 0 aliphatic heterocycles. The fraction of sp³-hybridized carbons (Fsp3) is 0.125. The topological polar surface area (TPSA) is 108 Å². The van der Waals surface area contributed by atoms with Gasteiger partial charge in [-0.3, -0.25) is 10.2 Å². The van der Waals surface area contributed by atoms with Crippen molar-refractivity contribution in [2.24, 2.45) is 0 Å². The Morgan fingerprint density at radius 1 is 1.16 bits per heavy atom. The van der Waals surface area contributed by atoms with E-state index in [-0.39, 0.29) is 10.6 Å². The number of nitriles is 1. The molecule has 0 saturated heterocycles. The molecule has 0 saturated carbocycles. The molecule has 0 aromatic heterocycles. The third-order valence-electron chi connectivity index (χ3n) is 3.10. The summed E-state index contributed by atoms with van der Waals surface area (Å²) >= 11 is 0. The van der Waals surface area contributed by atoms with Crippen molar-refractivity contribution in [2.75, 3.05) is 0 Å². The molecule has 0 unspecified atom stereocenters. The maximum Gasteiger partial charge on any atom is 0.275 e. The van der Waals surface area contributed by atoms with Gasteiger partial charge in [0.2, 0.25) is 0 Å². The molecule has 0 bridgehead atoms. The minimum absolute atomic E-state index is 0.112. The summed E-state index contributed by atoms with van der Waals surface area (Å²) in [6.07, 6.45) is -1.02. The van der Waals surface area contributed by atoms with Crippen LogP contribution in [0.5, 0.6) is 5.75 Å². The van der Waals surface area contributed by atoms with Crippen LogP contribution in [-0.2, 0) is 14.8 Å². The van der Waals surface area contributed by atoms with Gasteiger partial charge in [-0.1, -0.05) is 0 Å². The summed E-state index contributed by atoms with van der Waals surface area (Å²) in [5.74, 6) is -0.917. The van der Waals surface area contributed by atoms with Crippen LogP contribution in [0.25, 0.3) is 0 Å². The fourth-order valence-corrected chi connectivity index (χ4v) is 2.60. The first kappa shape index (κ1) is 18.4. The van der Waals surface area contributed by atoms with Gasteiger partial charge in [0, 0.05) is 0 Å². The molecule has 2 rings (SSSR count). The number of ether oxygens (including phenoxy) is 1. The third-order valence-corrected chi connectivity index (χ3v) is 4.36. The van der Waals surface area contributed by atoms with Crippen molar-refractivity contribution in [3.05, 3.63) is 59.9 Å². The Balaban J connectivity index is 1.95. The minimum Gasteiger partial charge on any atom is -0.481 e. The van der Waals surface area contributed by atoms with Gasteiger partial charge < -0.3 is 4.74 Å². The minimum atomic E-state index is -3.99. The highest BCUT2D eigenvalue weighted by molar-refractivity contribution is 7.89. The van der Waals surface area contributed by atoms with Gasteiger partial charge in [-0.25, -0.2) is 12.8 Å². The molecule has 2 aromatic carbocycles. The molecular weight excluding hydrogens is 349 g/mol. The summed E-state index contributed by atoms with van der Waals surface area (Å²) in [5.41, 5.74) is 2.35.